The van der Waals surface area contributed by atoms with Crippen molar-refractivity contribution in [2.24, 2.45) is 0 Å². The van der Waals surface area contributed by atoms with Gasteiger partial charge >= 0.3 is 0 Å². The summed E-state index contributed by atoms with van der Waals surface area (Å²) in [5, 5.41) is 12.0. The van der Waals surface area contributed by atoms with Gasteiger partial charge in [-0.3, -0.25) is 4.90 Å². The van der Waals surface area contributed by atoms with Crippen molar-refractivity contribution in [1.82, 2.24) is 10.2 Å². The van der Waals surface area contributed by atoms with Crippen LogP contribution >= 0.6 is 0 Å². The second-order valence-electron chi connectivity index (χ2n) is 3.83. The summed E-state index contributed by atoms with van der Waals surface area (Å²) < 4.78 is 0. The Morgan fingerprint density at radius 3 is 2.47 bits per heavy atom. The van der Waals surface area contributed by atoms with Crippen molar-refractivity contribution in [3.8, 4) is 6.07 Å². The Hall–Kier alpha value is -1.37. The van der Waals surface area contributed by atoms with Gasteiger partial charge in [0.2, 0.25) is 0 Å². The van der Waals surface area contributed by atoms with E-state index < -0.39 is 0 Å². The SMILES string of the molecule is N#Cc1ccc(CN2CCNCC2)cc1. The zero-order valence-corrected chi connectivity index (χ0v) is 8.74. The predicted molar refractivity (Wildman–Crippen MR) is 59.3 cm³/mol. The van der Waals surface area contributed by atoms with Gasteiger partial charge in [-0.1, -0.05) is 12.1 Å². The molecule has 0 spiro atoms. The topological polar surface area (TPSA) is 39.1 Å². The quantitative estimate of drug-likeness (QED) is 0.774. The molecule has 1 saturated heterocycles. The maximum atomic E-state index is 8.68. The Bertz CT molecular complexity index is 344. The van der Waals surface area contributed by atoms with Gasteiger partial charge in [0.05, 0.1) is 11.6 Å². The predicted octanol–water partition coefficient (Wildman–Crippen LogP) is 0.963. The standard InChI is InChI=1S/C12H15N3/c13-9-11-1-3-12(4-2-11)10-15-7-5-14-6-8-15/h1-4,14H,5-8,10H2. The van der Waals surface area contributed by atoms with Gasteiger partial charge in [0, 0.05) is 32.7 Å². The smallest absolute Gasteiger partial charge is 0.0991 e. The van der Waals surface area contributed by atoms with Gasteiger partial charge in [0.25, 0.3) is 0 Å². The first-order valence-electron chi connectivity index (χ1n) is 5.30. The zero-order valence-electron chi connectivity index (χ0n) is 8.74. The van der Waals surface area contributed by atoms with Crippen LogP contribution in [0.3, 0.4) is 0 Å². The molecule has 1 aromatic carbocycles. The minimum atomic E-state index is 0.735. The Balaban J connectivity index is 1.95. The summed E-state index contributed by atoms with van der Waals surface area (Å²) in [6.45, 7) is 5.37. The number of nitrogens with zero attached hydrogens (tertiary/aromatic N) is 2. The van der Waals surface area contributed by atoms with Crippen LogP contribution < -0.4 is 5.32 Å². The van der Waals surface area contributed by atoms with Crippen LogP contribution in [0.1, 0.15) is 11.1 Å². The van der Waals surface area contributed by atoms with Crippen LogP contribution in [0.15, 0.2) is 24.3 Å². The van der Waals surface area contributed by atoms with E-state index in [-0.39, 0.29) is 0 Å². The van der Waals surface area contributed by atoms with E-state index in [1.165, 1.54) is 5.56 Å². The molecule has 1 aliphatic rings. The number of nitrogens with one attached hydrogen (secondary N) is 1. The second kappa shape index (κ2) is 4.92. The molecule has 1 N–H and O–H groups in total. The first kappa shape index (κ1) is 10.2. The lowest BCUT2D eigenvalue weighted by molar-refractivity contribution is 0.233. The van der Waals surface area contributed by atoms with Crippen LogP contribution in [0.25, 0.3) is 0 Å². The van der Waals surface area contributed by atoms with Crippen molar-refractivity contribution in [2.75, 3.05) is 26.2 Å². The van der Waals surface area contributed by atoms with Gasteiger partial charge in [-0.05, 0) is 17.7 Å². The van der Waals surface area contributed by atoms with E-state index in [9.17, 15) is 0 Å². The highest BCUT2D eigenvalue weighted by Gasteiger charge is 2.09. The summed E-state index contributed by atoms with van der Waals surface area (Å²) in [5.41, 5.74) is 2.02. The van der Waals surface area contributed by atoms with Gasteiger partial charge in [-0.2, -0.15) is 5.26 Å². The molecule has 78 valence electrons. The van der Waals surface area contributed by atoms with E-state index in [0.717, 1.165) is 38.3 Å². The molecule has 0 saturated carbocycles. The maximum Gasteiger partial charge on any atom is 0.0991 e. The monoisotopic (exact) mass is 201 g/mol. The molecule has 15 heavy (non-hydrogen) atoms. The van der Waals surface area contributed by atoms with Gasteiger partial charge in [-0.15, -0.1) is 0 Å². The van der Waals surface area contributed by atoms with Crippen molar-refractivity contribution in [2.45, 2.75) is 6.54 Å². The van der Waals surface area contributed by atoms with Crippen LogP contribution in [0.2, 0.25) is 0 Å². The van der Waals surface area contributed by atoms with Gasteiger partial charge in [-0.25, -0.2) is 0 Å². The van der Waals surface area contributed by atoms with Gasteiger partial charge in [0.1, 0.15) is 0 Å². The summed E-state index contributed by atoms with van der Waals surface area (Å²) in [6, 6.07) is 9.99. The molecule has 0 unspecified atom stereocenters. The maximum absolute atomic E-state index is 8.68. The van der Waals surface area contributed by atoms with Crippen molar-refractivity contribution in [3.63, 3.8) is 0 Å². The molecule has 3 nitrogen and oxygen atoms in total. The lowest BCUT2D eigenvalue weighted by Crippen LogP contribution is -2.42. The lowest BCUT2D eigenvalue weighted by Gasteiger charge is -2.27. The Kier molecular flexibility index (Phi) is 3.33. The van der Waals surface area contributed by atoms with E-state index in [0.29, 0.717) is 0 Å². The summed E-state index contributed by atoms with van der Waals surface area (Å²) in [4.78, 5) is 2.43. The molecular weight excluding hydrogens is 186 g/mol. The molecule has 0 aliphatic carbocycles. The molecular formula is C12H15N3. The van der Waals surface area contributed by atoms with E-state index in [4.69, 9.17) is 5.26 Å². The highest BCUT2D eigenvalue weighted by atomic mass is 15.2. The van der Waals surface area contributed by atoms with Crippen molar-refractivity contribution < 1.29 is 0 Å². The largest absolute Gasteiger partial charge is 0.314 e. The van der Waals surface area contributed by atoms with E-state index in [1.807, 2.05) is 24.3 Å². The van der Waals surface area contributed by atoms with Crippen molar-refractivity contribution in [3.05, 3.63) is 35.4 Å². The Labute approximate surface area is 90.3 Å². The molecule has 1 fully saturated rings. The summed E-state index contributed by atoms with van der Waals surface area (Å²) in [7, 11) is 0. The van der Waals surface area contributed by atoms with Crippen LogP contribution in [0.5, 0.6) is 0 Å². The molecule has 0 bridgehead atoms. The Morgan fingerprint density at radius 1 is 1.20 bits per heavy atom. The molecule has 0 amide bonds. The minimum absolute atomic E-state index is 0.735. The van der Waals surface area contributed by atoms with Crippen LogP contribution in [-0.4, -0.2) is 31.1 Å². The first-order chi connectivity index (χ1) is 7.38. The highest BCUT2D eigenvalue weighted by Crippen LogP contribution is 2.07. The zero-order chi connectivity index (χ0) is 10.5. The minimum Gasteiger partial charge on any atom is -0.314 e. The first-order valence-corrected chi connectivity index (χ1v) is 5.30. The molecule has 0 aromatic heterocycles. The number of piperazine rings is 1. The van der Waals surface area contributed by atoms with Crippen molar-refractivity contribution in [1.29, 1.82) is 5.26 Å². The molecule has 3 heteroatoms. The fourth-order valence-electron chi connectivity index (χ4n) is 1.81. The molecule has 1 heterocycles. The van der Waals surface area contributed by atoms with Crippen LogP contribution in [0, 0.1) is 11.3 Å². The van der Waals surface area contributed by atoms with E-state index in [1.54, 1.807) is 0 Å². The number of hydrogen-bond donors (Lipinski definition) is 1. The Morgan fingerprint density at radius 2 is 1.87 bits per heavy atom. The number of rotatable bonds is 2. The fraction of sp³-hybridized carbons (Fsp3) is 0.417. The van der Waals surface area contributed by atoms with Crippen molar-refractivity contribution >= 4 is 0 Å². The third-order valence-electron chi connectivity index (χ3n) is 2.70. The summed E-state index contributed by atoms with van der Waals surface area (Å²) in [6.07, 6.45) is 0. The third kappa shape index (κ3) is 2.79. The second-order valence-corrected chi connectivity index (χ2v) is 3.83. The average Bonchev–Trinajstić information content (AvgIpc) is 2.31. The summed E-state index contributed by atoms with van der Waals surface area (Å²) >= 11 is 0. The average molecular weight is 201 g/mol. The molecule has 1 aromatic rings. The third-order valence-corrected chi connectivity index (χ3v) is 2.70. The van der Waals surface area contributed by atoms with Gasteiger partial charge in [0.15, 0.2) is 0 Å². The van der Waals surface area contributed by atoms with Gasteiger partial charge < -0.3 is 5.32 Å². The number of hydrogen-bond acceptors (Lipinski definition) is 3. The molecule has 0 radical (unpaired) electrons. The van der Waals surface area contributed by atoms with E-state index >= 15 is 0 Å². The fourth-order valence-corrected chi connectivity index (χ4v) is 1.81. The lowest BCUT2D eigenvalue weighted by atomic mass is 10.1. The van der Waals surface area contributed by atoms with Crippen LogP contribution in [-0.2, 0) is 6.54 Å². The van der Waals surface area contributed by atoms with E-state index in [2.05, 4.69) is 16.3 Å². The normalized spacial score (nSPS) is 17.3. The van der Waals surface area contributed by atoms with Crippen LogP contribution in [0.4, 0.5) is 0 Å². The molecule has 0 atom stereocenters. The molecule has 1 aliphatic heterocycles. The summed E-state index contributed by atoms with van der Waals surface area (Å²) in [5.74, 6) is 0. The number of nitriles is 1. The number of benzene rings is 1. The highest BCUT2D eigenvalue weighted by molar-refractivity contribution is 5.31. The molecule has 2 rings (SSSR count).